The molecular formula is C17H23N5O2. The molecule has 1 saturated heterocycles. The van der Waals surface area contributed by atoms with Crippen LogP contribution in [-0.4, -0.2) is 50.4 Å². The van der Waals surface area contributed by atoms with Crippen molar-refractivity contribution in [1.82, 2.24) is 25.4 Å². The lowest BCUT2D eigenvalue weighted by atomic mass is 10.2. The molecule has 0 aliphatic carbocycles. The van der Waals surface area contributed by atoms with Crippen LogP contribution < -0.4 is 5.32 Å². The number of hydrogen-bond acceptors (Lipinski definition) is 4. The fraction of sp³-hybridized carbons (Fsp3) is 0.471. The quantitative estimate of drug-likeness (QED) is 0.732. The van der Waals surface area contributed by atoms with Gasteiger partial charge in [-0.1, -0.05) is 43.7 Å². The van der Waals surface area contributed by atoms with Gasteiger partial charge in [0.2, 0.25) is 0 Å². The molecule has 2 heterocycles. The van der Waals surface area contributed by atoms with E-state index in [1.165, 1.54) is 0 Å². The first-order valence-electron chi connectivity index (χ1n) is 8.39. The van der Waals surface area contributed by atoms with Crippen molar-refractivity contribution >= 4 is 6.03 Å². The van der Waals surface area contributed by atoms with Crippen molar-refractivity contribution in [3.05, 3.63) is 36.2 Å². The molecule has 1 aromatic carbocycles. The van der Waals surface area contributed by atoms with Crippen LogP contribution in [0.3, 0.4) is 0 Å². The van der Waals surface area contributed by atoms with Crippen LogP contribution in [0, 0.1) is 0 Å². The first kappa shape index (κ1) is 16.4. The van der Waals surface area contributed by atoms with Crippen molar-refractivity contribution in [2.24, 2.45) is 0 Å². The van der Waals surface area contributed by atoms with Gasteiger partial charge in [-0.05, 0) is 6.42 Å². The van der Waals surface area contributed by atoms with Gasteiger partial charge in [0.1, 0.15) is 5.82 Å². The molecule has 0 saturated carbocycles. The summed E-state index contributed by atoms with van der Waals surface area (Å²) in [4.78, 5) is 18.5. The molecule has 1 aliphatic rings. The number of carbonyl (C=O) groups is 1. The molecule has 1 aromatic heterocycles. The number of nitrogens with one attached hydrogen (secondary N) is 2. The smallest absolute Gasteiger partial charge is 0.318 e. The number of rotatable bonds is 5. The summed E-state index contributed by atoms with van der Waals surface area (Å²) in [6.45, 7) is 3.03. The number of benzene rings is 1. The third-order valence-electron chi connectivity index (χ3n) is 4.20. The monoisotopic (exact) mass is 329 g/mol. The van der Waals surface area contributed by atoms with Crippen LogP contribution >= 0.6 is 0 Å². The highest BCUT2D eigenvalue weighted by molar-refractivity contribution is 5.75. The summed E-state index contributed by atoms with van der Waals surface area (Å²) in [5, 5.41) is 20.1. The molecule has 2 amide bonds. The molecule has 1 fully saturated rings. The van der Waals surface area contributed by atoms with Crippen molar-refractivity contribution in [2.45, 2.75) is 38.3 Å². The Balaban J connectivity index is 1.74. The predicted molar refractivity (Wildman–Crippen MR) is 90.2 cm³/mol. The highest BCUT2D eigenvalue weighted by atomic mass is 16.3. The molecule has 7 nitrogen and oxygen atoms in total. The second kappa shape index (κ2) is 7.44. The Kier molecular flexibility index (Phi) is 5.10. The summed E-state index contributed by atoms with van der Waals surface area (Å²) < 4.78 is 0. The number of carbonyl (C=O) groups excluding carboxylic acids is 1. The summed E-state index contributed by atoms with van der Waals surface area (Å²) in [6.07, 6.45) is 1.88. The molecule has 0 unspecified atom stereocenters. The molecule has 128 valence electrons. The number of hydrogen-bond donors (Lipinski definition) is 3. The maximum absolute atomic E-state index is 12.4. The van der Waals surface area contributed by atoms with Gasteiger partial charge in [-0.15, -0.1) is 0 Å². The number of amides is 2. The minimum Gasteiger partial charge on any atom is -0.391 e. The molecule has 0 radical (unpaired) electrons. The van der Waals surface area contributed by atoms with E-state index in [0.29, 0.717) is 31.2 Å². The van der Waals surface area contributed by atoms with Gasteiger partial charge in [0.15, 0.2) is 5.82 Å². The Morgan fingerprint density at radius 3 is 2.96 bits per heavy atom. The highest BCUT2D eigenvalue weighted by Gasteiger charge is 2.37. The summed E-state index contributed by atoms with van der Waals surface area (Å²) in [5.41, 5.74) is 0.914. The second-order valence-electron chi connectivity index (χ2n) is 6.05. The van der Waals surface area contributed by atoms with E-state index in [1.54, 1.807) is 4.90 Å². The van der Waals surface area contributed by atoms with Crippen molar-refractivity contribution in [1.29, 1.82) is 0 Å². The van der Waals surface area contributed by atoms with E-state index in [-0.39, 0.29) is 12.1 Å². The molecule has 1 aliphatic heterocycles. The first-order valence-corrected chi connectivity index (χ1v) is 8.39. The summed E-state index contributed by atoms with van der Waals surface area (Å²) in [7, 11) is 0. The maximum Gasteiger partial charge on any atom is 0.318 e. The van der Waals surface area contributed by atoms with Gasteiger partial charge in [0.05, 0.1) is 12.1 Å². The lowest BCUT2D eigenvalue weighted by molar-refractivity contribution is 0.169. The van der Waals surface area contributed by atoms with Crippen LogP contribution in [0.4, 0.5) is 4.79 Å². The largest absolute Gasteiger partial charge is 0.391 e. The van der Waals surface area contributed by atoms with Crippen molar-refractivity contribution < 1.29 is 9.90 Å². The normalized spacial score (nSPS) is 20.3. The lowest BCUT2D eigenvalue weighted by Crippen LogP contribution is -2.40. The zero-order valence-corrected chi connectivity index (χ0v) is 13.8. The van der Waals surface area contributed by atoms with E-state index < -0.39 is 6.10 Å². The minimum absolute atomic E-state index is 0.164. The van der Waals surface area contributed by atoms with Crippen LogP contribution in [0.15, 0.2) is 30.3 Å². The van der Waals surface area contributed by atoms with Crippen LogP contribution in [0.5, 0.6) is 0 Å². The summed E-state index contributed by atoms with van der Waals surface area (Å²) >= 11 is 0. The first-order chi connectivity index (χ1) is 11.7. The number of aliphatic hydroxyl groups excluding tert-OH is 1. The predicted octanol–water partition coefficient (Wildman–Crippen LogP) is 2.09. The molecule has 0 bridgehead atoms. The average molecular weight is 329 g/mol. The standard InChI is InChI=1S/C17H23N5O2/c1-2-3-9-18-17(24)22-11-13(23)10-14(22)16-19-15(20-21-16)12-7-5-4-6-8-12/h4-8,13-14,23H,2-3,9-11H2,1H3,(H,18,24)(H,19,20,21)/t13-,14+/m1/s1. The number of aliphatic hydroxyl groups is 1. The Labute approximate surface area is 141 Å². The second-order valence-corrected chi connectivity index (χ2v) is 6.05. The van der Waals surface area contributed by atoms with E-state index >= 15 is 0 Å². The molecule has 3 rings (SSSR count). The highest BCUT2D eigenvalue weighted by Crippen LogP contribution is 2.31. The van der Waals surface area contributed by atoms with Gasteiger partial charge in [-0.3, -0.25) is 5.10 Å². The Morgan fingerprint density at radius 1 is 1.42 bits per heavy atom. The Morgan fingerprint density at radius 2 is 2.21 bits per heavy atom. The zero-order chi connectivity index (χ0) is 16.9. The van der Waals surface area contributed by atoms with Crippen LogP contribution in [0.2, 0.25) is 0 Å². The van der Waals surface area contributed by atoms with Crippen LogP contribution in [-0.2, 0) is 0 Å². The number of β-amino-alcohol motifs (C(OH)–C–C–N with tert-alkyl or cyclic N) is 1. The van der Waals surface area contributed by atoms with E-state index in [4.69, 9.17) is 0 Å². The Hall–Kier alpha value is -2.41. The molecule has 0 spiro atoms. The third-order valence-corrected chi connectivity index (χ3v) is 4.20. The van der Waals surface area contributed by atoms with Gasteiger partial charge < -0.3 is 15.3 Å². The van der Waals surface area contributed by atoms with Gasteiger partial charge >= 0.3 is 6.03 Å². The molecule has 24 heavy (non-hydrogen) atoms. The number of nitrogens with zero attached hydrogens (tertiary/aromatic N) is 3. The number of likely N-dealkylation sites (tertiary alicyclic amines) is 1. The average Bonchev–Trinajstić information content (AvgIpc) is 3.22. The third kappa shape index (κ3) is 3.56. The fourth-order valence-electron chi connectivity index (χ4n) is 2.91. The fourth-order valence-corrected chi connectivity index (χ4v) is 2.91. The van der Waals surface area contributed by atoms with Gasteiger partial charge in [-0.2, -0.15) is 5.10 Å². The molecule has 2 atom stereocenters. The maximum atomic E-state index is 12.4. The van der Waals surface area contributed by atoms with E-state index in [2.05, 4.69) is 27.4 Å². The zero-order valence-electron chi connectivity index (χ0n) is 13.8. The molecular weight excluding hydrogens is 306 g/mol. The van der Waals surface area contributed by atoms with Crippen molar-refractivity contribution in [3.8, 4) is 11.4 Å². The molecule has 3 N–H and O–H groups in total. The topological polar surface area (TPSA) is 94.1 Å². The summed E-state index contributed by atoms with van der Waals surface area (Å²) in [6, 6.07) is 9.22. The molecule has 7 heteroatoms. The molecule has 2 aromatic rings. The Bertz CT molecular complexity index is 673. The van der Waals surface area contributed by atoms with Crippen molar-refractivity contribution in [3.63, 3.8) is 0 Å². The van der Waals surface area contributed by atoms with E-state index in [1.807, 2.05) is 30.3 Å². The van der Waals surface area contributed by atoms with Gasteiger partial charge in [0.25, 0.3) is 0 Å². The van der Waals surface area contributed by atoms with Crippen LogP contribution in [0.25, 0.3) is 11.4 Å². The summed E-state index contributed by atoms with van der Waals surface area (Å²) in [5.74, 6) is 1.20. The van der Waals surface area contributed by atoms with E-state index in [0.717, 1.165) is 18.4 Å². The number of urea groups is 1. The SMILES string of the molecule is CCCCNC(=O)N1C[C@H](O)C[C@H]1c1nc(-c2ccccc2)n[nH]1. The van der Waals surface area contributed by atoms with Gasteiger partial charge in [-0.25, -0.2) is 9.78 Å². The van der Waals surface area contributed by atoms with Crippen LogP contribution in [0.1, 0.15) is 38.1 Å². The minimum atomic E-state index is -0.544. The number of aromatic amines is 1. The van der Waals surface area contributed by atoms with Gasteiger partial charge in [0, 0.05) is 25.1 Å². The lowest BCUT2D eigenvalue weighted by Gasteiger charge is -2.22. The number of aromatic nitrogens is 3. The number of unbranched alkanes of at least 4 members (excludes halogenated alkanes) is 1. The van der Waals surface area contributed by atoms with Crippen molar-refractivity contribution in [2.75, 3.05) is 13.1 Å². The van der Waals surface area contributed by atoms with E-state index in [9.17, 15) is 9.90 Å². The number of H-pyrrole nitrogens is 1.